The molecule has 1 amide bonds. The third-order valence-electron chi connectivity index (χ3n) is 4.76. The Bertz CT molecular complexity index is 1020. The molecule has 0 aliphatic rings. The number of hydrogen-bond donors (Lipinski definition) is 1. The molecule has 3 rings (SSSR count). The van der Waals surface area contributed by atoms with Crippen molar-refractivity contribution in [2.75, 3.05) is 21.3 Å². The zero-order valence-electron chi connectivity index (χ0n) is 17.3. The number of halogens is 1. The molecule has 7 nitrogen and oxygen atoms in total. The highest BCUT2D eigenvalue weighted by Gasteiger charge is 2.23. The Morgan fingerprint density at radius 3 is 2.33 bits per heavy atom. The Labute approximate surface area is 180 Å². The minimum Gasteiger partial charge on any atom is -0.493 e. The Morgan fingerprint density at radius 2 is 1.77 bits per heavy atom. The van der Waals surface area contributed by atoms with E-state index in [0.717, 1.165) is 5.56 Å². The van der Waals surface area contributed by atoms with Gasteiger partial charge in [-0.3, -0.25) is 4.79 Å². The summed E-state index contributed by atoms with van der Waals surface area (Å²) in [5, 5.41) is 3.69. The van der Waals surface area contributed by atoms with Crippen LogP contribution in [0.1, 0.15) is 23.0 Å². The number of ether oxygens (including phenoxy) is 3. The van der Waals surface area contributed by atoms with Gasteiger partial charge in [-0.15, -0.1) is 0 Å². The van der Waals surface area contributed by atoms with E-state index in [0.29, 0.717) is 33.7 Å². The highest BCUT2D eigenvalue weighted by Crippen LogP contribution is 2.40. The molecule has 30 heavy (non-hydrogen) atoms. The third-order valence-corrected chi connectivity index (χ3v) is 5.01. The second kappa shape index (κ2) is 9.54. The molecule has 0 saturated heterocycles. The van der Waals surface area contributed by atoms with E-state index in [4.69, 9.17) is 25.8 Å². The molecule has 0 bridgehead atoms. The standard InChI is InChI=1S/C22H24ClN3O4/c1-26-12-11-24-22(26)19(14-5-8-16(23)9-6-14)25-18(27)13-15-7-10-17(28-2)21(30-4)20(15)29-3/h5-12,19H,13H2,1-4H3,(H,25,27)/t19-/m0/s1. The second-order valence-corrected chi connectivity index (χ2v) is 7.06. The van der Waals surface area contributed by atoms with Gasteiger partial charge in [-0.25, -0.2) is 4.98 Å². The lowest BCUT2D eigenvalue weighted by molar-refractivity contribution is -0.121. The van der Waals surface area contributed by atoms with Crippen LogP contribution in [-0.2, 0) is 18.3 Å². The zero-order chi connectivity index (χ0) is 21.7. The quantitative estimate of drug-likeness (QED) is 0.592. The molecule has 1 N–H and O–H groups in total. The molecular formula is C22H24ClN3O4. The van der Waals surface area contributed by atoms with Crippen LogP contribution in [0.3, 0.4) is 0 Å². The molecule has 0 fully saturated rings. The van der Waals surface area contributed by atoms with E-state index in [1.807, 2.05) is 29.9 Å². The van der Waals surface area contributed by atoms with E-state index >= 15 is 0 Å². The van der Waals surface area contributed by atoms with Crippen LogP contribution in [0.5, 0.6) is 17.2 Å². The Morgan fingerprint density at radius 1 is 1.07 bits per heavy atom. The zero-order valence-corrected chi connectivity index (χ0v) is 18.1. The molecule has 2 aromatic carbocycles. The molecule has 8 heteroatoms. The molecule has 0 spiro atoms. The van der Waals surface area contributed by atoms with Gasteiger partial charge < -0.3 is 24.1 Å². The molecule has 158 valence electrons. The predicted molar refractivity (Wildman–Crippen MR) is 114 cm³/mol. The van der Waals surface area contributed by atoms with Gasteiger partial charge in [-0.2, -0.15) is 0 Å². The minimum atomic E-state index is -0.430. The van der Waals surface area contributed by atoms with Crippen molar-refractivity contribution in [3.8, 4) is 17.2 Å². The van der Waals surface area contributed by atoms with E-state index in [1.54, 1.807) is 37.6 Å². The molecule has 1 heterocycles. The SMILES string of the molecule is COc1ccc(CC(=O)N[C@@H](c2ccc(Cl)cc2)c2nccn2C)c(OC)c1OC. The van der Waals surface area contributed by atoms with Gasteiger partial charge >= 0.3 is 0 Å². The van der Waals surface area contributed by atoms with Crippen LogP contribution in [0.25, 0.3) is 0 Å². The van der Waals surface area contributed by atoms with Crippen LogP contribution in [0, 0.1) is 0 Å². The van der Waals surface area contributed by atoms with Gasteiger partial charge in [0, 0.05) is 30.0 Å². The second-order valence-electron chi connectivity index (χ2n) is 6.62. The number of aromatic nitrogens is 2. The van der Waals surface area contributed by atoms with Crippen LogP contribution in [0.4, 0.5) is 0 Å². The summed E-state index contributed by atoms with van der Waals surface area (Å²) in [4.78, 5) is 17.4. The first-order valence-corrected chi connectivity index (χ1v) is 9.66. The maximum Gasteiger partial charge on any atom is 0.225 e. The number of nitrogens with one attached hydrogen (secondary N) is 1. The summed E-state index contributed by atoms with van der Waals surface area (Å²) >= 11 is 6.03. The van der Waals surface area contributed by atoms with E-state index in [9.17, 15) is 4.79 Å². The number of methoxy groups -OCH3 is 3. The van der Waals surface area contributed by atoms with Gasteiger partial charge in [0.25, 0.3) is 0 Å². The first kappa shape index (κ1) is 21.5. The van der Waals surface area contributed by atoms with Crippen LogP contribution in [0.2, 0.25) is 5.02 Å². The van der Waals surface area contributed by atoms with Crippen LogP contribution >= 0.6 is 11.6 Å². The Kier molecular flexibility index (Phi) is 6.84. The number of carbonyl (C=O) groups excluding carboxylic acids is 1. The summed E-state index contributed by atoms with van der Waals surface area (Å²) in [6.45, 7) is 0. The van der Waals surface area contributed by atoms with Crippen LogP contribution in [0.15, 0.2) is 48.8 Å². The van der Waals surface area contributed by atoms with Crippen LogP contribution < -0.4 is 19.5 Å². The van der Waals surface area contributed by atoms with E-state index in [-0.39, 0.29) is 12.3 Å². The van der Waals surface area contributed by atoms with Crippen molar-refractivity contribution in [2.24, 2.45) is 7.05 Å². The molecule has 1 aromatic heterocycles. The lowest BCUT2D eigenvalue weighted by atomic mass is 10.0. The molecule has 0 unspecified atom stereocenters. The lowest BCUT2D eigenvalue weighted by Gasteiger charge is -2.20. The largest absolute Gasteiger partial charge is 0.493 e. The van der Waals surface area contributed by atoms with Gasteiger partial charge in [0.15, 0.2) is 11.5 Å². The summed E-state index contributed by atoms with van der Waals surface area (Å²) in [7, 11) is 6.49. The van der Waals surface area contributed by atoms with Crippen molar-refractivity contribution in [3.63, 3.8) is 0 Å². The molecule has 0 aliphatic carbocycles. The fourth-order valence-electron chi connectivity index (χ4n) is 3.29. The average molecular weight is 430 g/mol. The number of benzene rings is 2. The first-order valence-electron chi connectivity index (χ1n) is 9.28. The summed E-state index contributed by atoms with van der Waals surface area (Å²) in [6.07, 6.45) is 3.63. The molecule has 1 atom stereocenters. The number of amides is 1. The summed E-state index contributed by atoms with van der Waals surface area (Å²) in [5.74, 6) is 1.97. The molecular weight excluding hydrogens is 406 g/mol. The van der Waals surface area contributed by atoms with Gasteiger partial charge in [0.2, 0.25) is 11.7 Å². The van der Waals surface area contributed by atoms with Gasteiger partial charge in [0.05, 0.1) is 27.8 Å². The highest BCUT2D eigenvalue weighted by atomic mass is 35.5. The maximum atomic E-state index is 13.0. The van der Waals surface area contributed by atoms with Crippen molar-refractivity contribution < 1.29 is 19.0 Å². The lowest BCUT2D eigenvalue weighted by Crippen LogP contribution is -2.32. The van der Waals surface area contributed by atoms with Crippen molar-refractivity contribution in [1.82, 2.24) is 14.9 Å². The molecule has 0 aliphatic heterocycles. The van der Waals surface area contributed by atoms with Gasteiger partial charge in [-0.05, 0) is 23.8 Å². The Balaban J connectivity index is 1.89. The minimum absolute atomic E-state index is 0.0953. The van der Waals surface area contributed by atoms with Gasteiger partial charge in [-0.1, -0.05) is 29.8 Å². The number of hydrogen-bond acceptors (Lipinski definition) is 5. The van der Waals surface area contributed by atoms with E-state index < -0.39 is 6.04 Å². The number of carbonyl (C=O) groups is 1. The van der Waals surface area contributed by atoms with E-state index in [2.05, 4.69) is 10.3 Å². The predicted octanol–water partition coefficient (Wildman–Crippen LogP) is 3.55. The third kappa shape index (κ3) is 4.52. The maximum absolute atomic E-state index is 13.0. The fourth-order valence-corrected chi connectivity index (χ4v) is 3.42. The first-order chi connectivity index (χ1) is 14.5. The van der Waals surface area contributed by atoms with Crippen molar-refractivity contribution >= 4 is 17.5 Å². The summed E-state index contributed by atoms with van der Waals surface area (Å²) in [5.41, 5.74) is 1.56. The van der Waals surface area contributed by atoms with Crippen LogP contribution in [-0.4, -0.2) is 36.8 Å². The van der Waals surface area contributed by atoms with Gasteiger partial charge in [0.1, 0.15) is 11.9 Å². The smallest absolute Gasteiger partial charge is 0.225 e. The van der Waals surface area contributed by atoms with Crippen molar-refractivity contribution in [1.29, 1.82) is 0 Å². The van der Waals surface area contributed by atoms with Crippen molar-refractivity contribution in [2.45, 2.75) is 12.5 Å². The molecule has 0 saturated carbocycles. The summed E-state index contributed by atoms with van der Waals surface area (Å²) in [6, 6.07) is 10.4. The number of imidazole rings is 1. The highest BCUT2D eigenvalue weighted by molar-refractivity contribution is 6.30. The number of rotatable bonds is 8. The molecule has 0 radical (unpaired) electrons. The topological polar surface area (TPSA) is 74.6 Å². The fraction of sp³-hybridized carbons (Fsp3) is 0.273. The average Bonchev–Trinajstić information content (AvgIpc) is 3.17. The number of nitrogens with zero attached hydrogens (tertiary/aromatic N) is 2. The Hall–Kier alpha value is -3.19. The van der Waals surface area contributed by atoms with E-state index in [1.165, 1.54) is 14.2 Å². The normalized spacial score (nSPS) is 11.6. The monoisotopic (exact) mass is 429 g/mol. The van der Waals surface area contributed by atoms with Crippen molar-refractivity contribution in [3.05, 3.63) is 70.8 Å². The summed E-state index contributed by atoms with van der Waals surface area (Å²) < 4.78 is 18.1. The number of aryl methyl sites for hydroxylation is 1. The molecule has 3 aromatic rings.